The molecule has 6 heteroatoms. The smallest absolute Gasteiger partial charge is 0.290 e. The van der Waals surface area contributed by atoms with Crippen molar-refractivity contribution in [2.45, 2.75) is 37.6 Å². The number of piperidine rings is 1. The third-order valence-corrected chi connectivity index (χ3v) is 5.65. The number of aromatic amines is 1. The third kappa shape index (κ3) is 2.89. The van der Waals surface area contributed by atoms with Gasteiger partial charge in [0.1, 0.15) is 5.54 Å². The standard InChI is InChI=1S/C20H24N4O2/c25-18(17-21-11-12-22-17)24-14-5-10-20(24)9-4-13-23(19(20)26)15-8-16-6-2-1-3-7-16/h1-3,6-7,11-12H,4-5,8-10,13-15H2,(H,21,22). The number of hydrogen-bond donors (Lipinski definition) is 1. The predicted molar refractivity (Wildman–Crippen MR) is 97.5 cm³/mol. The van der Waals surface area contributed by atoms with E-state index >= 15 is 0 Å². The molecule has 1 spiro atoms. The van der Waals surface area contributed by atoms with Gasteiger partial charge in [0.05, 0.1) is 0 Å². The van der Waals surface area contributed by atoms with Gasteiger partial charge in [-0.3, -0.25) is 9.59 Å². The molecule has 0 bridgehead atoms. The number of carbonyl (C=O) groups is 2. The lowest BCUT2D eigenvalue weighted by molar-refractivity contribution is -0.145. The summed E-state index contributed by atoms with van der Waals surface area (Å²) in [5, 5.41) is 0. The number of aromatic nitrogens is 2. The fraction of sp³-hybridized carbons (Fsp3) is 0.450. The Morgan fingerprint density at radius 1 is 1.15 bits per heavy atom. The van der Waals surface area contributed by atoms with E-state index in [4.69, 9.17) is 0 Å². The van der Waals surface area contributed by atoms with E-state index in [1.807, 2.05) is 23.1 Å². The third-order valence-electron chi connectivity index (χ3n) is 5.65. The minimum Gasteiger partial charge on any atom is -0.341 e. The summed E-state index contributed by atoms with van der Waals surface area (Å²) in [7, 11) is 0. The van der Waals surface area contributed by atoms with Crippen molar-refractivity contribution in [2.24, 2.45) is 0 Å². The Morgan fingerprint density at radius 2 is 1.92 bits per heavy atom. The van der Waals surface area contributed by atoms with Crippen LogP contribution < -0.4 is 0 Å². The average Bonchev–Trinajstić information content (AvgIpc) is 3.34. The first kappa shape index (κ1) is 16.8. The van der Waals surface area contributed by atoms with Crippen molar-refractivity contribution in [3.05, 3.63) is 54.1 Å². The quantitative estimate of drug-likeness (QED) is 0.917. The molecule has 2 aliphatic rings. The Labute approximate surface area is 153 Å². The van der Waals surface area contributed by atoms with E-state index in [-0.39, 0.29) is 11.8 Å². The van der Waals surface area contributed by atoms with Gasteiger partial charge in [-0.15, -0.1) is 0 Å². The van der Waals surface area contributed by atoms with Gasteiger partial charge in [0.2, 0.25) is 5.91 Å². The first-order valence-electron chi connectivity index (χ1n) is 9.35. The van der Waals surface area contributed by atoms with Crippen LogP contribution in [0.5, 0.6) is 0 Å². The van der Waals surface area contributed by atoms with Crippen LogP contribution in [0.3, 0.4) is 0 Å². The topological polar surface area (TPSA) is 69.3 Å². The van der Waals surface area contributed by atoms with E-state index in [0.29, 0.717) is 18.9 Å². The van der Waals surface area contributed by atoms with Crippen molar-refractivity contribution >= 4 is 11.8 Å². The van der Waals surface area contributed by atoms with Crippen molar-refractivity contribution in [3.8, 4) is 0 Å². The molecule has 2 saturated heterocycles. The molecule has 26 heavy (non-hydrogen) atoms. The monoisotopic (exact) mass is 352 g/mol. The molecule has 6 nitrogen and oxygen atoms in total. The number of hydrogen-bond acceptors (Lipinski definition) is 3. The predicted octanol–water partition coefficient (Wildman–Crippen LogP) is 2.25. The highest BCUT2D eigenvalue weighted by Crippen LogP contribution is 2.39. The molecule has 1 atom stereocenters. The largest absolute Gasteiger partial charge is 0.341 e. The molecule has 2 aliphatic heterocycles. The summed E-state index contributed by atoms with van der Waals surface area (Å²) in [4.78, 5) is 36.9. The number of rotatable bonds is 4. The second kappa shape index (κ2) is 6.94. The van der Waals surface area contributed by atoms with Gasteiger partial charge < -0.3 is 14.8 Å². The molecule has 0 saturated carbocycles. The van der Waals surface area contributed by atoms with Crippen molar-refractivity contribution in [3.63, 3.8) is 0 Å². The maximum Gasteiger partial charge on any atom is 0.290 e. The SMILES string of the molecule is O=C(c1ncc[nH]1)N1CCCC12CCCN(CCc1ccccc1)C2=O. The molecule has 2 amide bonds. The molecule has 1 N–H and O–H groups in total. The van der Waals surface area contributed by atoms with Gasteiger partial charge in [0.15, 0.2) is 5.82 Å². The lowest BCUT2D eigenvalue weighted by Gasteiger charge is -2.44. The van der Waals surface area contributed by atoms with Crippen LogP contribution in [0.2, 0.25) is 0 Å². The van der Waals surface area contributed by atoms with E-state index in [1.165, 1.54) is 5.56 Å². The molecule has 4 rings (SSSR count). The first-order valence-corrected chi connectivity index (χ1v) is 9.35. The van der Waals surface area contributed by atoms with E-state index in [1.54, 1.807) is 17.3 Å². The fourth-order valence-electron chi connectivity index (χ4n) is 4.35. The van der Waals surface area contributed by atoms with Gasteiger partial charge in [0.25, 0.3) is 5.91 Å². The number of nitrogens with zero attached hydrogens (tertiary/aromatic N) is 3. The van der Waals surface area contributed by atoms with E-state index in [9.17, 15) is 9.59 Å². The zero-order chi connectivity index (χ0) is 18.0. The van der Waals surface area contributed by atoms with Gasteiger partial charge >= 0.3 is 0 Å². The number of H-pyrrole nitrogens is 1. The Hall–Kier alpha value is -2.63. The highest BCUT2D eigenvalue weighted by molar-refractivity contribution is 5.98. The van der Waals surface area contributed by atoms with Crippen LogP contribution in [0.15, 0.2) is 42.7 Å². The summed E-state index contributed by atoms with van der Waals surface area (Å²) in [5.41, 5.74) is 0.550. The minimum atomic E-state index is -0.682. The summed E-state index contributed by atoms with van der Waals surface area (Å²) in [6, 6.07) is 10.2. The Balaban J connectivity index is 1.51. The van der Waals surface area contributed by atoms with Crippen molar-refractivity contribution in [2.75, 3.05) is 19.6 Å². The number of benzene rings is 1. The second-order valence-corrected chi connectivity index (χ2v) is 7.16. The Morgan fingerprint density at radius 3 is 2.65 bits per heavy atom. The zero-order valence-corrected chi connectivity index (χ0v) is 14.9. The van der Waals surface area contributed by atoms with E-state index in [2.05, 4.69) is 22.1 Å². The molecule has 1 aromatic carbocycles. The van der Waals surface area contributed by atoms with Crippen molar-refractivity contribution in [1.29, 1.82) is 0 Å². The maximum atomic E-state index is 13.4. The van der Waals surface area contributed by atoms with Crippen LogP contribution >= 0.6 is 0 Å². The molecule has 136 valence electrons. The molecule has 3 heterocycles. The zero-order valence-electron chi connectivity index (χ0n) is 14.9. The van der Waals surface area contributed by atoms with Crippen LogP contribution in [0, 0.1) is 0 Å². The van der Waals surface area contributed by atoms with E-state index < -0.39 is 5.54 Å². The average molecular weight is 352 g/mol. The number of carbonyl (C=O) groups excluding carboxylic acids is 2. The van der Waals surface area contributed by atoms with Gasteiger partial charge in [0, 0.05) is 32.0 Å². The van der Waals surface area contributed by atoms with Crippen LogP contribution in [0.1, 0.15) is 41.9 Å². The Kier molecular flexibility index (Phi) is 4.49. The van der Waals surface area contributed by atoms with Gasteiger partial charge in [-0.05, 0) is 37.7 Å². The summed E-state index contributed by atoms with van der Waals surface area (Å²) < 4.78 is 0. The lowest BCUT2D eigenvalue weighted by Crippen LogP contribution is -2.61. The summed E-state index contributed by atoms with van der Waals surface area (Å²) >= 11 is 0. The highest BCUT2D eigenvalue weighted by atomic mass is 16.2. The van der Waals surface area contributed by atoms with E-state index in [0.717, 1.165) is 38.6 Å². The molecule has 2 aromatic rings. The normalized spacial score (nSPS) is 23.0. The summed E-state index contributed by atoms with van der Waals surface area (Å²) in [5.74, 6) is 0.267. The van der Waals surface area contributed by atoms with Crippen molar-refractivity contribution < 1.29 is 9.59 Å². The van der Waals surface area contributed by atoms with Crippen LogP contribution in [-0.2, 0) is 11.2 Å². The maximum absolute atomic E-state index is 13.4. The molecule has 0 radical (unpaired) electrons. The number of amides is 2. The second-order valence-electron chi connectivity index (χ2n) is 7.16. The Bertz CT molecular complexity index is 774. The molecule has 2 fully saturated rings. The van der Waals surface area contributed by atoms with Gasteiger partial charge in [-0.1, -0.05) is 30.3 Å². The molecule has 1 aromatic heterocycles. The van der Waals surface area contributed by atoms with Crippen LogP contribution in [-0.4, -0.2) is 56.8 Å². The highest BCUT2D eigenvalue weighted by Gasteiger charge is 2.53. The van der Waals surface area contributed by atoms with Crippen LogP contribution in [0.25, 0.3) is 0 Å². The molecule has 1 unspecified atom stereocenters. The lowest BCUT2D eigenvalue weighted by atomic mass is 9.85. The summed E-state index contributed by atoms with van der Waals surface area (Å²) in [6.45, 7) is 2.10. The fourth-order valence-corrected chi connectivity index (χ4v) is 4.35. The minimum absolute atomic E-state index is 0.108. The molecular weight excluding hydrogens is 328 g/mol. The van der Waals surface area contributed by atoms with Crippen LogP contribution in [0.4, 0.5) is 0 Å². The van der Waals surface area contributed by atoms with Crippen molar-refractivity contribution in [1.82, 2.24) is 19.8 Å². The molecule has 0 aliphatic carbocycles. The number of nitrogens with one attached hydrogen (secondary N) is 1. The molecular formula is C20H24N4O2. The van der Waals surface area contributed by atoms with Gasteiger partial charge in [-0.25, -0.2) is 4.98 Å². The van der Waals surface area contributed by atoms with Gasteiger partial charge in [-0.2, -0.15) is 0 Å². The summed E-state index contributed by atoms with van der Waals surface area (Å²) in [6.07, 6.45) is 7.36. The first-order chi connectivity index (χ1) is 12.7. The number of imidazole rings is 1. The number of likely N-dealkylation sites (tertiary alicyclic amines) is 2.